The Bertz CT molecular complexity index is 476. The molecule has 4 heteroatoms. The number of benzene rings is 1. The van der Waals surface area contributed by atoms with Crippen molar-refractivity contribution in [1.29, 1.82) is 0 Å². The molecule has 1 fully saturated rings. The number of aliphatic hydroxyl groups is 1. The lowest BCUT2D eigenvalue weighted by molar-refractivity contribution is -0.116. The van der Waals surface area contributed by atoms with E-state index in [2.05, 4.69) is 22.9 Å². The summed E-state index contributed by atoms with van der Waals surface area (Å²) in [6.45, 7) is 2.85. The Balaban J connectivity index is 1.90. The van der Waals surface area contributed by atoms with E-state index >= 15 is 0 Å². The van der Waals surface area contributed by atoms with Crippen molar-refractivity contribution < 1.29 is 14.6 Å². The van der Waals surface area contributed by atoms with Gasteiger partial charge >= 0.3 is 0 Å². The largest absolute Gasteiger partial charge is 0.487 e. The zero-order valence-corrected chi connectivity index (χ0v) is 12.6. The van der Waals surface area contributed by atoms with Gasteiger partial charge in [0.25, 0.3) is 0 Å². The Hall–Kier alpha value is -0.580. The molecule has 0 bridgehead atoms. The third kappa shape index (κ3) is 2.54. The van der Waals surface area contributed by atoms with Crippen molar-refractivity contribution in [2.75, 3.05) is 6.61 Å². The highest BCUT2D eigenvalue weighted by molar-refractivity contribution is 9.10. The van der Waals surface area contributed by atoms with E-state index < -0.39 is 6.10 Å². The molecular weight excluding hydrogens is 308 g/mol. The van der Waals surface area contributed by atoms with Crippen molar-refractivity contribution in [3.8, 4) is 5.75 Å². The quantitative estimate of drug-likeness (QED) is 0.857. The molecule has 104 valence electrons. The molecule has 3 nitrogen and oxygen atoms in total. The standard InChI is InChI=1S/C15H19BrO3/c1-2-11-8-15(5-6-18-11)9-13(17)12-4-3-10(16)7-14(12)19-15/h3-4,7,11,13,17H,2,5-6,8-9H2,1H3/t11?,13-,15?/m0/s1. The molecule has 3 atom stereocenters. The van der Waals surface area contributed by atoms with Gasteiger partial charge in [-0.25, -0.2) is 0 Å². The van der Waals surface area contributed by atoms with Crippen molar-refractivity contribution in [3.05, 3.63) is 28.2 Å². The average molecular weight is 327 g/mol. The molecule has 1 spiro atoms. The number of hydrogen-bond donors (Lipinski definition) is 1. The maximum Gasteiger partial charge on any atom is 0.127 e. The normalized spacial score (nSPS) is 33.8. The Labute approximate surface area is 122 Å². The fraction of sp³-hybridized carbons (Fsp3) is 0.600. The number of fused-ring (bicyclic) bond motifs is 1. The van der Waals surface area contributed by atoms with Gasteiger partial charge in [0.1, 0.15) is 11.4 Å². The van der Waals surface area contributed by atoms with Crippen molar-refractivity contribution in [3.63, 3.8) is 0 Å². The predicted octanol–water partition coefficient (Wildman–Crippen LogP) is 3.59. The zero-order chi connectivity index (χ0) is 13.5. The second-order valence-corrected chi connectivity index (χ2v) is 6.46. The summed E-state index contributed by atoms with van der Waals surface area (Å²) in [5.74, 6) is 0.810. The van der Waals surface area contributed by atoms with Gasteiger partial charge in [0.2, 0.25) is 0 Å². The topological polar surface area (TPSA) is 38.7 Å². The van der Waals surface area contributed by atoms with Gasteiger partial charge in [-0.3, -0.25) is 0 Å². The van der Waals surface area contributed by atoms with E-state index in [9.17, 15) is 5.11 Å². The van der Waals surface area contributed by atoms with Crippen LogP contribution in [0.4, 0.5) is 0 Å². The van der Waals surface area contributed by atoms with Gasteiger partial charge in [-0.05, 0) is 18.6 Å². The molecule has 2 unspecified atom stereocenters. The molecular formula is C15H19BrO3. The summed E-state index contributed by atoms with van der Waals surface area (Å²) in [5, 5.41) is 10.4. The molecule has 3 rings (SSSR count). The molecule has 0 saturated carbocycles. The maximum absolute atomic E-state index is 10.4. The van der Waals surface area contributed by atoms with Crippen molar-refractivity contribution in [2.24, 2.45) is 0 Å². The number of rotatable bonds is 1. The fourth-order valence-electron chi connectivity index (χ4n) is 3.14. The molecule has 0 aliphatic carbocycles. The van der Waals surface area contributed by atoms with E-state index in [0.717, 1.165) is 35.0 Å². The van der Waals surface area contributed by atoms with Crippen LogP contribution < -0.4 is 4.74 Å². The Morgan fingerprint density at radius 3 is 3.05 bits per heavy atom. The molecule has 1 saturated heterocycles. The van der Waals surface area contributed by atoms with E-state index in [1.807, 2.05) is 18.2 Å². The Morgan fingerprint density at radius 2 is 2.26 bits per heavy atom. The third-order valence-electron chi connectivity index (χ3n) is 4.19. The fourth-order valence-corrected chi connectivity index (χ4v) is 3.48. The lowest BCUT2D eigenvalue weighted by atomic mass is 9.80. The van der Waals surface area contributed by atoms with Crippen LogP contribution in [-0.2, 0) is 4.74 Å². The van der Waals surface area contributed by atoms with E-state index in [4.69, 9.17) is 9.47 Å². The smallest absolute Gasteiger partial charge is 0.127 e. The molecule has 2 aliphatic heterocycles. The van der Waals surface area contributed by atoms with Crippen LogP contribution >= 0.6 is 15.9 Å². The number of ether oxygens (including phenoxy) is 2. The van der Waals surface area contributed by atoms with Crippen LogP contribution in [-0.4, -0.2) is 23.4 Å². The van der Waals surface area contributed by atoms with Crippen LogP contribution in [0.2, 0.25) is 0 Å². The summed E-state index contributed by atoms with van der Waals surface area (Å²) >= 11 is 3.46. The van der Waals surface area contributed by atoms with Gasteiger partial charge in [0, 0.05) is 29.3 Å². The van der Waals surface area contributed by atoms with E-state index in [-0.39, 0.29) is 11.7 Å². The number of halogens is 1. The molecule has 0 radical (unpaired) electrons. The Kier molecular flexibility index (Phi) is 3.58. The summed E-state index contributed by atoms with van der Waals surface area (Å²) in [5.41, 5.74) is 0.639. The van der Waals surface area contributed by atoms with Gasteiger partial charge in [0.15, 0.2) is 0 Å². The monoisotopic (exact) mass is 326 g/mol. The average Bonchev–Trinajstić information content (AvgIpc) is 2.38. The van der Waals surface area contributed by atoms with Crippen LogP contribution in [0.25, 0.3) is 0 Å². The van der Waals surface area contributed by atoms with Gasteiger partial charge in [-0.15, -0.1) is 0 Å². The molecule has 2 heterocycles. The molecule has 1 N–H and O–H groups in total. The molecule has 19 heavy (non-hydrogen) atoms. The van der Waals surface area contributed by atoms with Crippen LogP contribution in [0.1, 0.15) is 44.3 Å². The first kappa shape index (κ1) is 13.4. The van der Waals surface area contributed by atoms with Crippen LogP contribution in [0.3, 0.4) is 0 Å². The van der Waals surface area contributed by atoms with E-state index in [1.165, 1.54) is 0 Å². The van der Waals surface area contributed by atoms with E-state index in [0.29, 0.717) is 13.0 Å². The minimum absolute atomic E-state index is 0.245. The molecule has 0 amide bonds. The number of aliphatic hydroxyl groups excluding tert-OH is 1. The van der Waals surface area contributed by atoms with Crippen LogP contribution in [0.5, 0.6) is 5.75 Å². The summed E-state index contributed by atoms with van der Waals surface area (Å²) in [7, 11) is 0. The predicted molar refractivity (Wildman–Crippen MR) is 76.3 cm³/mol. The Morgan fingerprint density at radius 1 is 1.42 bits per heavy atom. The summed E-state index contributed by atoms with van der Waals surface area (Å²) in [4.78, 5) is 0. The minimum Gasteiger partial charge on any atom is -0.487 e. The van der Waals surface area contributed by atoms with Gasteiger partial charge < -0.3 is 14.6 Å². The first-order chi connectivity index (χ1) is 9.12. The van der Waals surface area contributed by atoms with Gasteiger partial charge in [-0.2, -0.15) is 0 Å². The zero-order valence-electron chi connectivity index (χ0n) is 11.1. The third-order valence-corrected chi connectivity index (χ3v) is 4.69. The highest BCUT2D eigenvalue weighted by atomic mass is 79.9. The summed E-state index contributed by atoms with van der Waals surface area (Å²) in [6, 6.07) is 5.84. The summed E-state index contributed by atoms with van der Waals surface area (Å²) in [6.07, 6.45) is 3.19. The second-order valence-electron chi connectivity index (χ2n) is 5.54. The lowest BCUT2D eigenvalue weighted by Gasteiger charge is -2.45. The summed E-state index contributed by atoms with van der Waals surface area (Å²) < 4.78 is 13.0. The van der Waals surface area contributed by atoms with Crippen LogP contribution in [0.15, 0.2) is 22.7 Å². The SMILES string of the molecule is CCC1CC2(CCO1)C[C@H](O)c1ccc(Br)cc1O2. The van der Waals surface area contributed by atoms with Gasteiger partial charge in [-0.1, -0.05) is 28.9 Å². The first-order valence-corrected chi connectivity index (χ1v) is 7.69. The minimum atomic E-state index is -0.438. The van der Waals surface area contributed by atoms with Crippen LogP contribution in [0, 0.1) is 0 Å². The molecule has 1 aromatic carbocycles. The van der Waals surface area contributed by atoms with Crippen molar-refractivity contribution in [2.45, 2.75) is 50.4 Å². The van der Waals surface area contributed by atoms with Gasteiger partial charge in [0.05, 0.1) is 18.8 Å². The first-order valence-electron chi connectivity index (χ1n) is 6.90. The molecule has 1 aromatic rings. The maximum atomic E-state index is 10.4. The highest BCUT2D eigenvalue weighted by Crippen LogP contribution is 2.45. The number of hydrogen-bond acceptors (Lipinski definition) is 3. The highest BCUT2D eigenvalue weighted by Gasteiger charge is 2.44. The second kappa shape index (κ2) is 5.08. The van der Waals surface area contributed by atoms with E-state index in [1.54, 1.807) is 0 Å². The molecule has 0 aromatic heterocycles. The molecule has 2 aliphatic rings. The lowest BCUT2D eigenvalue weighted by Crippen LogP contribution is -2.48. The van der Waals surface area contributed by atoms with Crippen molar-refractivity contribution in [1.82, 2.24) is 0 Å². The van der Waals surface area contributed by atoms with Crippen molar-refractivity contribution >= 4 is 15.9 Å².